The van der Waals surface area contributed by atoms with Crippen molar-refractivity contribution >= 4 is 108 Å². The second-order valence-corrected chi connectivity index (χ2v) is 16.8. The van der Waals surface area contributed by atoms with Crippen LogP contribution >= 0.6 is 0 Å². The third-order valence-corrected chi connectivity index (χ3v) is 11.2. The number of carbonyl (C=O) groups is 1. The fourth-order valence-corrected chi connectivity index (χ4v) is 7.43. The van der Waals surface area contributed by atoms with E-state index in [0.717, 1.165) is 36.4 Å². The second kappa shape index (κ2) is 20.3. The third-order valence-electron chi connectivity index (χ3n) is 8.68. The van der Waals surface area contributed by atoms with Gasteiger partial charge in [0.15, 0.2) is 0 Å². The number of phenols is 1. The first kappa shape index (κ1) is 50.8. The summed E-state index contributed by atoms with van der Waals surface area (Å²) in [5, 5.41) is 40.1. The molecule has 62 heavy (non-hydrogen) atoms. The van der Waals surface area contributed by atoms with E-state index in [1.165, 1.54) is 61.5 Å². The van der Waals surface area contributed by atoms with Gasteiger partial charge in [0.25, 0.3) is 0 Å². The van der Waals surface area contributed by atoms with E-state index in [2.05, 4.69) is 36.0 Å². The monoisotopic (exact) mass is 919 g/mol. The minimum Gasteiger partial charge on any atom is -0.744 e. The Kier molecular flexibility index (Phi) is 16.6. The van der Waals surface area contributed by atoms with Crippen LogP contribution in [-0.4, -0.2) is 49.9 Å². The van der Waals surface area contributed by atoms with Gasteiger partial charge in [-0.25, -0.2) is 25.3 Å². The van der Waals surface area contributed by atoms with Crippen molar-refractivity contribution in [2.24, 2.45) is 30.7 Å². The predicted molar refractivity (Wildman–Crippen MR) is 211 cm³/mol. The standard InChI is InChI=1S/C38H27N7O11S3.3Na/c1-21(46)39-23-3-5-24(6-4-23)40-41-35-15-13-33(29-11-8-26(19-31(29)35)58(51,52)53)42-43-36-16-14-34(30-12-9-27(20-32(30)36)59(54,55)56)44-45-38-28-10-7-25(57(48,49)50)18-22(28)2-17-37(38)47;;;/h2-20,47H,1H3,(H,39,46)(H,48,49,50)(H,51,52,53)(H,54,55,56);;;/q;3*+1/p-3. The summed E-state index contributed by atoms with van der Waals surface area (Å²) < 4.78 is 107. The number of aromatic hydroxyl groups is 1. The minimum atomic E-state index is -4.96. The van der Waals surface area contributed by atoms with Crippen molar-refractivity contribution in [1.29, 1.82) is 0 Å². The number of amides is 1. The normalized spacial score (nSPS) is 12.1. The predicted octanol–water partition coefficient (Wildman–Crippen LogP) is -0.219. The molecule has 0 heterocycles. The van der Waals surface area contributed by atoms with Gasteiger partial charge in [-0.1, -0.05) is 24.3 Å². The van der Waals surface area contributed by atoms with E-state index in [4.69, 9.17) is 0 Å². The van der Waals surface area contributed by atoms with Gasteiger partial charge in [0.2, 0.25) is 5.91 Å². The van der Waals surface area contributed by atoms with Crippen LogP contribution in [0.3, 0.4) is 0 Å². The maximum atomic E-state index is 12.1. The molecule has 1 amide bonds. The molecule has 0 aliphatic carbocycles. The number of carbonyl (C=O) groups excluding carboxylic acids is 1. The van der Waals surface area contributed by atoms with Crippen LogP contribution in [0.25, 0.3) is 32.3 Å². The number of nitrogens with zero attached hydrogens (tertiary/aromatic N) is 6. The Morgan fingerprint density at radius 1 is 0.484 bits per heavy atom. The van der Waals surface area contributed by atoms with E-state index in [1.807, 2.05) is 0 Å². The Balaban J connectivity index is 0.00000282. The number of nitrogens with one attached hydrogen (secondary N) is 1. The quantitative estimate of drug-likeness (QED) is 0.103. The number of anilines is 1. The molecular weight excluding hydrogens is 896 g/mol. The maximum absolute atomic E-state index is 12.1. The molecular formula is C38H24N7Na3O11S3. The average Bonchev–Trinajstić information content (AvgIpc) is 3.18. The van der Waals surface area contributed by atoms with Crippen LogP contribution in [0.4, 0.5) is 39.8 Å². The van der Waals surface area contributed by atoms with Crippen molar-refractivity contribution in [3.8, 4) is 5.75 Å². The molecule has 7 aromatic carbocycles. The summed E-state index contributed by atoms with van der Waals surface area (Å²) in [7, 11) is -14.6. The van der Waals surface area contributed by atoms with Gasteiger partial charge in [0.05, 0.1) is 43.1 Å². The Morgan fingerprint density at radius 3 is 1.34 bits per heavy atom. The topological polar surface area (TPSA) is 295 Å². The molecule has 0 spiro atoms. The first-order chi connectivity index (χ1) is 27.8. The van der Waals surface area contributed by atoms with Gasteiger partial charge in [0.1, 0.15) is 41.8 Å². The first-order valence-corrected chi connectivity index (χ1v) is 21.0. The Bertz CT molecular complexity index is 3340. The Labute approximate surface area is 419 Å². The summed E-state index contributed by atoms with van der Waals surface area (Å²) in [6.45, 7) is 1.36. The number of hydrogen-bond acceptors (Lipinski definition) is 17. The zero-order valence-electron chi connectivity index (χ0n) is 32.9. The van der Waals surface area contributed by atoms with Gasteiger partial charge in [-0.05, 0) is 96.4 Å². The number of azo groups is 3. The molecule has 2 N–H and O–H groups in total. The molecule has 0 radical (unpaired) electrons. The molecule has 0 saturated carbocycles. The smallest absolute Gasteiger partial charge is 0.744 e. The number of hydrogen-bond donors (Lipinski definition) is 2. The molecule has 0 fully saturated rings. The van der Waals surface area contributed by atoms with Crippen LogP contribution in [0.2, 0.25) is 0 Å². The van der Waals surface area contributed by atoms with Gasteiger partial charge in [0, 0.05) is 39.5 Å². The molecule has 0 saturated heterocycles. The van der Waals surface area contributed by atoms with E-state index >= 15 is 0 Å². The van der Waals surface area contributed by atoms with Crippen molar-refractivity contribution in [2.45, 2.75) is 21.6 Å². The summed E-state index contributed by atoms with van der Waals surface area (Å²) in [5.41, 5.74) is 1.35. The molecule has 7 aromatic rings. The molecule has 0 unspecified atom stereocenters. The van der Waals surface area contributed by atoms with Gasteiger partial charge in [-0.15, -0.1) is 25.6 Å². The minimum absolute atomic E-state index is 0. The van der Waals surface area contributed by atoms with Crippen LogP contribution < -0.4 is 94.0 Å². The summed E-state index contributed by atoms with van der Waals surface area (Å²) in [6.07, 6.45) is 0. The zero-order valence-corrected chi connectivity index (χ0v) is 41.4. The van der Waals surface area contributed by atoms with Gasteiger partial charge >= 0.3 is 88.7 Å². The van der Waals surface area contributed by atoms with E-state index in [1.54, 1.807) is 24.3 Å². The summed E-state index contributed by atoms with van der Waals surface area (Å²) in [6, 6.07) is 25.3. The SMILES string of the molecule is CC(=O)Nc1ccc(N=Nc2ccc(N=Nc3ccc(N=Nc4c(O)ccc5cc(S(=O)(=O)[O-])ccc45)c4ccc(S(=O)(=O)[O-])cc34)c3ccc(S(=O)(=O)[O-])cc23)cc1.[Na+].[Na+].[Na+]. The molecule has 18 nitrogen and oxygen atoms in total. The average molecular weight is 920 g/mol. The molecule has 0 aliphatic rings. The van der Waals surface area contributed by atoms with E-state index < -0.39 is 45.0 Å². The van der Waals surface area contributed by atoms with Crippen LogP contribution in [-0.2, 0) is 35.1 Å². The van der Waals surface area contributed by atoms with E-state index in [0.29, 0.717) is 16.8 Å². The van der Waals surface area contributed by atoms with Crippen molar-refractivity contribution < 1.29 is 137 Å². The first-order valence-electron chi connectivity index (χ1n) is 16.7. The van der Waals surface area contributed by atoms with Crippen molar-refractivity contribution in [3.63, 3.8) is 0 Å². The van der Waals surface area contributed by atoms with Gasteiger partial charge in [-0.2, -0.15) is 5.11 Å². The summed E-state index contributed by atoms with van der Waals surface area (Å²) >= 11 is 0. The number of phenolic OH excluding ortho intramolecular Hbond substituents is 1. The van der Waals surface area contributed by atoms with Crippen LogP contribution in [0, 0.1) is 0 Å². The molecule has 0 aliphatic heterocycles. The largest absolute Gasteiger partial charge is 1.00 e. The van der Waals surface area contributed by atoms with Crippen molar-refractivity contribution in [3.05, 3.63) is 115 Å². The molecule has 298 valence electrons. The van der Waals surface area contributed by atoms with Crippen LogP contribution in [0.5, 0.6) is 5.75 Å². The fraction of sp³-hybridized carbons (Fsp3) is 0.0263. The third kappa shape index (κ3) is 11.6. The molecule has 7 rings (SSSR count). The fourth-order valence-electron chi connectivity index (χ4n) is 5.93. The number of benzene rings is 7. The number of rotatable bonds is 10. The summed E-state index contributed by atoms with van der Waals surface area (Å²) in [4.78, 5) is 9.72. The summed E-state index contributed by atoms with van der Waals surface area (Å²) in [5.74, 6) is -0.591. The maximum Gasteiger partial charge on any atom is 1.00 e. The molecule has 0 aromatic heterocycles. The van der Waals surface area contributed by atoms with E-state index in [9.17, 15) is 48.8 Å². The van der Waals surface area contributed by atoms with Crippen molar-refractivity contribution in [2.75, 3.05) is 5.32 Å². The van der Waals surface area contributed by atoms with Crippen LogP contribution in [0.1, 0.15) is 6.92 Å². The molecule has 0 atom stereocenters. The van der Waals surface area contributed by atoms with Gasteiger partial charge < -0.3 is 24.1 Å². The Hall–Kier alpha value is -3.88. The van der Waals surface area contributed by atoms with Crippen LogP contribution in [0.15, 0.2) is 161 Å². The van der Waals surface area contributed by atoms with Crippen molar-refractivity contribution in [1.82, 2.24) is 0 Å². The second-order valence-electron chi connectivity index (χ2n) is 12.6. The Morgan fingerprint density at radius 2 is 0.887 bits per heavy atom. The molecule has 24 heteroatoms. The molecule has 0 bridgehead atoms. The zero-order chi connectivity index (χ0) is 42.3. The van der Waals surface area contributed by atoms with E-state index in [-0.39, 0.29) is 156 Å². The van der Waals surface area contributed by atoms with Gasteiger partial charge in [-0.3, -0.25) is 4.79 Å². The number of fused-ring (bicyclic) bond motifs is 3.